The average molecular weight is 545 g/mol. The molecule has 3 N–H and O–H groups in total. The van der Waals surface area contributed by atoms with Gasteiger partial charge in [-0.2, -0.15) is 13.2 Å². The van der Waals surface area contributed by atoms with Crippen molar-refractivity contribution in [2.24, 2.45) is 0 Å². The Kier molecular flexibility index (Phi) is 8.59. The minimum atomic E-state index is -4.79. The van der Waals surface area contributed by atoms with E-state index in [-0.39, 0.29) is 23.9 Å². The Labute approximate surface area is 216 Å². The van der Waals surface area contributed by atoms with E-state index in [0.717, 1.165) is 75.0 Å². The summed E-state index contributed by atoms with van der Waals surface area (Å²) < 4.78 is 79.5. The summed E-state index contributed by atoms with van der Waals surface area (Å²) in [6.07, 6.45) is -3.75. The van der Waals surface area contributed by atoms with Gasteiger partial charge in [0.15, 0.2) is 0 Å². The van der Waals surface area contributed by atoms with Crippen LogP contribution in [0.25, 0.3) is 0 Å². The third-order valence-electron chi connectivity index (χ3n) is 6.86. The third kappa shape index (κ3) is 7.92. The fraction of sp³-hybridized carbons (Fsp3) is 0.500. The molecule has 2 fully saturated rings. The van der Waals surface area contributed by atoms with Gasteiger partial charge in [0, 0.05) is 42.6 Å². The van der Waals surface area contributed by atoms with E-state index in [1.165, 1.54) is 24.3 Å². The standard InChI is InChI=1S/C26H30F6N4O2/c27-25(28,29)17-7-11-20(12-8-17)36-15-3-4-19(16-36)33-22-5-1-2-6-23(22)35-24(37)34-18-9-13-21(14-10-18)38-26(30,31)32/h7-14,19,22-23,33H,1-6,15-16H2,(H2,34,35,37)/t19-,22+,23+/m0/s1. The van der Waals surface area contributed by atoms with Gasteiger partial charge in [0.05, 0.1) is 5.56 Å². The first-order valence-electron chi connectivity index (χ1n) is 12.6. The molecule has 1 saturated heterocycles. The Balaban J connectivity index is 1.31. The van der Waals surface area contributed by atoms with Gasteiger partial charge in [-0.1, -0.05) is 12.8 Å². The lowest BCUT2D eigenvalue weighted by atomic mass is 9.89. The molecule has 2 aliphatic rings. The van der Waals surface area contributed by atoms with Crippen molar-refractivity contribution in [3.8, 4) is 5.75 Å². The Morgan fingerprint density at radius 1 is 0.842 bits per heavy atom. The second-order valence-electron chi connectivity index (χ2n) is 9.66. The molecule has 1 aliphatic carbocycles. The zero-order valence-electron chi connectivity index (χ0n) is 20.5. The van der Waals surface area contributed by atoms with Crippen molar-refractivity contribution < 1.29 is 35.9 Å². The zero-order chi connectivity index (χ0) is 27.3. The molecule has 3 atom stereocenters. The third-order valence-corrected chi connectivity index (χ3v) is 6.86. The second kappa shape index (κ2) is 11.7. The van der Waals surface area contributed by atoms with E-state index in [1.807, 2.05) is 0 Å². The summed E-state index contributed by atoms with van der Waals surface area (Å²) in [6, 6.07) is 9.65. The minimum absolute atomic E-state index is 0.0228. The molecular formula is C26H30F6N4O2. The first-order valence-corrected chi connectivity index (χ1v) is 12.6. The van der Waals surface area contributed by atoms with Crippen LogP contribution in [0.5, 0.6) is 5.75 Å². The number of piperidine rings is 1. The Hall–Kier alpha value is -3.15. The molecule has 1 aliphatic heterocycles. The zero-order valence-corrected chi connectivity index (χ0v) is 20.5. The number of halogens is 6. The molecule has 0 aromatic heterocycles. The molecule has 1 saturated carbocycles. The molecule has 208 valence electrons. The number of hydrogen-bond donors (Lipinski definition) is 3. The van der Waals surface area contributed by atoms with Crippen LogP contribution in [0.15, 0.2) is 48.5 Å². The van der Waals surface area contributed by atoms with Crippen LogP contribution in [0.3, 0.4) is 0 Å². The van der Waals surface area contributed by atoms with Crippen LogP contribution in [-0.4, -0.2) is 43.6 Å². The maximum atomic E-state index is 12.9. The van der Waals surface area contributed by atoms with Crippen LogP contribution in [0.4, 0.5) is 42.5 Å². The SMILES string of the molecule is O=C(Nc1ccc(OC(F)(F)F)cc1)N[C@@H]1CCCC[C@H]1N[C@H]1CCCN(c2ccc(C(F)(F)F)cc2)C1. The molecule has 0 unspecified atom stereocenters. The lowest BCUT2D eigenvalue weighted by Gasteiger charge is -2.40. The summed E-state index contributed by atoms with van der Waals surface area (Å²) in [5, 5.41) is 9.28. The molecule has 0 spiro atoms. The number of alkyl halides is 6. The Bertz CT molecular complexity index is 1060. The lowest BCUT2D eigenvalue weighted by Crippen LogP contribution is -2.57. The quantitative estimate of drug-likeness (QED) is 0.374. The number of carbonyl (C=O) groups is 1. The van der Waals surface area contributed by atoms with Crippen molar-refractivity contribution in [2.75, 3.05) is 23.3 Å². The van der Waals surface area contributed by atoms with Crippen LogP contribution < -0.4 is 25.6 Å². The predicted molar refractivity (Wildman–Crippen MR) is 131 cm³/mol. The summed E-state index contributed by atoms with van der Waals surface area (Å²) in [5.74, 6) is -0.377. The van der Waals surface area contributed by atoms with Crippen molar-refractivity contribution in [1.82, 2.24) is 10.6 Å². The highest BCUT2D eigenvalue weighted by atomic mass is 19.4. The topological polar surface area (TPSA) is 65.6 Å². The number of benzene rings is 2. The maximum Gasteiger partial charge on any atom is 0.573 e. The smallest absolute Gasteiger partial charge is 0.406 e. The van der Waals surface area contributed by atoms with Gasteiger partial charge < -0.3 is 25.6 Å². The van der Waals surface area contributed by atoms with E-state index in [0.29, 0.717) is 12.2 Å². The number of carbonyl (C=O) groups excluding carboxylic acids is 1. The number of hydrogen-bond acceptors (Lipinski definition) is 4. The van der Waals surface area contributed by atoms with Crippen molar-refractivity contribution >= 4 is 17.4 Å². The van der Waals surface area contributed by atoms with E-state index in [1.54, 1.807) is 0 Å². The van der Waals surface area contributed by atoms with Crippen LogP contribution in [0, 0.1) is 0 Å². The average Bonchev–Trinajstić information content (AvgIpc) is 2.85. The number of anilines is 2. The Morgan fingerprint density at radius 2 is 1.50 bits per heavy atom. The van der Waals surface area contributed by atoms with Gasteiger partial charge >= 0.3 is 18.6 Å². The van der Waals surface area contributed by atoms with Gasteiger partial charge in [-0.15, -0.1) is 13.2 Å². The van der Waals surface area contributed by atoms with Crippen molar-refractivity contribution in [3.05, 3.63) is 54.1 Å². The van der Waals surface area contributed by atoms with Gasteiger partial charge in [0.25, 0.3) is 0 Å². The van der Waals surface area contributed by atoms with E-state index < -0.39 is 24.1 Å². The normalized spacial score (nSPS) is 22.6. The number of ether oxygens (including phenoxy) is 1. The van der Waals surface area contributed by atoms with Gasteiger partial charge in [-0.25, -0.2) is 4.79 Å². The molecule has 0 radical (unpaired) electrons. The first-order chi connectivity index (χ1) is 18.0. The molecule has 2 aromatic rings. The number of urea groups is 1. The van der Waals surface area contributed by atoms with Crippen LogP contribution in [-0.2, 0) is 6.18 Å². The molecular weight excluding hydrogens is 514 g/mol. The first kappa shape index (κ1) is 27.9. The Morgan fingerprint density at radius 3 is 2.13 bits per heavy atom. The molecule has 38 heavy (non-hydrogen) atoms. The molecule has 2 amide bonds. The summed E-state index contributed by atoms with van der Waals surface area (Å²) in [6.45, 7) is 1.40. The summed E-state index contributed by atoms with van der Waals surface area (Å²) in [4.78, 5) is 14.7. The van der Waals surface area contributed by atoms with Crippen molar-refractivity contribution in [1.29, 1.82) is 0 Å². The molecule has 12 heteroatoms. The lowest BCUT2D eigenvalue weighted by molar-refractivity contribution is -0.274. The van der Waals surface area contributed by atoms with Gasteiger partial charge in [-0.3, -0.25) is 0 Å². The summed E-state index contributed by atoms with van der Waals surface area (Å²) in [7, 11) is 0. The summed E-state index contributed by atoms with van der Waals surface area (Å²) >= 11 is 0. The number of amides is 2. The monoisotopic (exact) mass is 544 g/mol. The molecule has 0 bridgehead atoms. The fourth-order valence-corrected chi connectivity index (χ4v) is 5.09. The van der Waals surface area contributed by atoms with Crippen LogP contribution in [0.2, 0.25) is 0 Å². The van der Waals surface area contributed by atoms with Gasteiger partial charge in [0.1, 0.15) is 5.75 Å². The van der Waals surface area contributed by atoms with Crippen LogP contribution >= 0.6 is 0 Å². The van der Waals surface area contributed by atoms with Crippen LogP contribution in [0.1, 0.15) is 44.1 Å². The van der Waals surface area contributed by atoms with E-state index in [2.05, 4.69) is 25.6 Å². The maximum absolute atomic E-state index is 12.9. The molecule has 4 rings (SSSR count). The summed E-state index contributed by atoms with van der Waals surface area (Å²) in [5.41, 5.74) is 0.401. The highest BCUT2D eigenvalue weighted by molar-refractivity contribution is 5.89. The van der Waals surface area contributed by atoms with Gasteiger partial charge in [-0.05, 0) is 74.2 Å². The molecule has 1 heterocycles. The number of nitrogens with one attached hydrogen (secondary N) is 3. The highest BCUT2D eigenvalue weighted by Gasteiger charge is 2.33. The fourth-order valence-electron chi connectivity index (χ4n) is 5.09. The number of nitrogens with zero attached hydrogens (tertiary/aromatic N) is 1. The van der Waals surface area contributed by atoms with E-state index in [9.17, 15) is 31.1 Å². The van der Waals surface area contributed by atoms with Crippen molar-refractivity contribution in [3.63, 3.8) is 0 Å². The van der Waals surface area contributed by atoms with E-state index >= 15 is 0 Å². The van der Waals surface area contributed by atoms with Gasteiger partial charge in [0.2, 0.25) is 0 Å². The molecule has 6 nitrogen and oxygen atoms in total. The number of rotatable bonds is 6. The van der Waals surface area contributed by atoms with E-state index in [4.69, 9.17) is 0 Å². The predicted octanol–water partition coefficient (Wildman–Crippen LogP) is 6.30. The second-order valence-corrected chi connectivity index (χ2v) is 9.66. The largest absolute Gasteiger partial charge is 0.573 e. The highest BCUT2D eigenvalue weighted by Crippen LogP contribution is 2.31. The molecule has 2 aromatic carbocycles. The van der Waals surface area contributed by atoms with Crippen molar-refractivity contribution in [2.45, 2.75) is 69.2 Å². The minimum Gasteiger partial charge on any atom is -0.406 e.